The molecular weight excluding hydrogens is 326 g/mol. The van der Waals surface area contributed by atoms with Gasteiger partial charge in [-0.25, -0.2) is 4.57 Å². The van der Waals surface area contributed by atoms with Crippen molar-refractivity contribution >= 4 is 23.8 Å². The van der Waals surface area contributed by atoms with Gasteiger partial charge in [0.25, 0.3) is 0 Å². The van der Waals surface area contributed by atoms with Crippen molar-refractivity contribution < 1.29 is 14.5 Å². The van der Waals surface area contributed by atoms with Gasteiger partial charge in [0.2, 0.25) is 0 Å². The van der Waals surface area contributed by atoms with Crippen LogP contribution in [-0.2, 0) is 11.3 Å². The van der Waals surface area contributed by atoms with Gasteiger partial charge in [-0.15, -0.1) is 0 Å². The SMILES string of the molecule is CC[n+]1ccc(/C=C/c2ccc(N3CCN(CC(=O)O)CC3)cc2)cc1. The van der Waals surface area contributed by atoms with Gasteiger partial charge in [0.05, 0.1) is 6.54 Å². The summed E-state index contributed by atoms with van der Waals surface area (Å²) >= 11 is 0. The quantitative estimate of drug-likeness (QED) is 0.811. The summed E-state index contributed by atoms with van der Waals surface area (Å²) in [7, 11) is 0. The Morgan fingerprint density at radius 2 is 1.58 bits per heavy atom. The normalized spacial score (nSPS) is 15.5. The summed E-state index contributed by atoms with van der Waals surface area (Å²) < 4.78 is 2.14. The van der Waals surface area contributed by atoms with Crippen molar-refractivity contribution in [2.24, 2.45) is 0 Å². The van der Waals surface area contributed by atoms with E-state index in [1.54, 1.807) is 0 Å². The van der Waals surface area contributed by atoms with Crippen LogP contribution in [0.5, 0.6) is 0 Å². The van der Waals surface area contributed by atoms with Gasteiger partial charge < -0.3 is 10.0 Å². The number of anilines is 1. The van der Waals surface area contributed by atoms with E-state index < -0.39 is 5.97 Å². The minimum absolute atomic E-state index is 0.134. The van der Waals surface area contributed by atoms with Crippen LogP contribution in [0.15, 0.2) is 48.8 Å². The Labute approximate surface area is 154 Å². The smallest absolute Gasteiger partial charge is 0.317 e. The van der Waals surface area contributed by atoms with Crippen LogP contribution in [0.3, 0.4) is 0 Å². The van der Waals surface area contributed by atoms with Crippen LogP contribution in [0.1, 0.15) is 18.1 Å². The Kier molecular flexibility index (Phi) is 6.02. The second-order valence-electron chi connectivity index (χ2n) is 6.54. The van der Waals surface area contributed by atoms with Gasteiger partial charge in [-0.3, -0.25) is 9.69 Å². The van der Waals surface area contributed by atoms with Crippen molar-refractivity contribution in [3.63, 3.8) is 0 Å². The van der Waals surface area contributed by atoms with Gasteiger partial charge in [0, 0.05) is 44.0 Å². The predicted octanol–water partition coefficient (Wildman–Crippen LogP) is 2.37. The average Bonchev–Trinajstić information content (AvgIpc) is 2.67. The van der Waals surface area contributed by atoms with Crippen molar-refractivity contribution in [1.29, 1.82) is 0 Å². The minimum atomic E-state index is -0.752. The molecule has 5 nitrogen and oxygen atoms in total. The number of piperazine rings is 1. The molecule has 3 rings (SSSR count). The monoisotopic (exact) mass is 352 g/mol. The summed E-state index contributed by atoms with van der Waals surface area (Å²) in [4.78, 5) is 15.1. The topological polar surface area (TPSA) is 47.7 Å². The third-order valence-electron chi connectivity index (χ3n) is 4.74. The van der Waals surface area contributed by atoms with E-state index in [1.165, 1.54) is 16.8 Å². The fourth-order valence-corrected chi connectivity index (χ4v) is 3.13. The Morgan fingerprint density at radius 3 is 2.12 bits per heavy atom. The van der Waals surface area contributed by atoms with E-state index in [0.29, 0.717) is 0 Å². The zero-order valence-electron chi connectivity index (χ0n) is 15.2. The van der Waals surface area contributed by atoms with Gasteiger partial charge in [-0.2, -0.15) is 0 Å². The lowest BCUT2D eigenvalue weighted by Crippen LogP contribution is -2.47. The van der Waals surface area contributed by atoms with Gasteiger partial charge in [0.1, 0.15) is 6.54 Å². The first-order valence-electron chi connectivity index (χ1n) is 9.10. The van der Waals surface area contributed by atoms with Gasteiger partial charge in [0.15, 0.2) is 12.4 Å². The van der Waals surface area contributed by atoms with Crippen molar-refractivity contribution in [3.8, 4) is 0 Å². The Balaban J connectivity index is 1.56. The van der Waals surface area contributed by atoms with E-state index in [2.05, 4.69) is 77.3 Å². The van der Waals surface area contributed by atoms with Crippen molar-refractivity contribution in [2.45, 2.75) is 13.5 Å². The number of pyridine rings is 1. The fraction of sp³-hybridized carbons (Fsp3) is 0.333. The summed E-state index contributed by atoms with van der Waals surface area (Å²) in [5.74, 6) is -0.752. The van der Waals surface area contributed by atoms with Crippen LogP contribution in [0.25, 0.3) is 12.2 Å². The molecule has 0 bridgehead atoms. The van der Waals surface area contributed by atoms with Crippen molar-refractivity contribution in [1.82, 2.24) is 4.90 Å². The number of carboxylic acid groups (broad SMARTS) is 1. The molecule has 1 aliphatic heterocycles. The highest BCUT2D eigenvalue weighted by atomic mass is 16.4. The van der Waals surface area contributed by atoms with E-state index >= 15 is 0 Å². The van der Waals surface area contributed by atoms with E-state index in [-0.39, 0.29) is 6.54 Å². The molecule has 1 aliphatic rings. The van der Waals surface area contributed by atoms with E-state index in [0.717, 1.165) is 32.7 Å². The lowest BCUT2D eigenvalue weighted by molar-refractivity contribution is -0.693. The number of aromatic nitrogens is 1. The van der Waals surface area contributed by atoms with Crippen LogP contribution in [-0.4, -0.2) is 48.7 Å². The molecule has 1 N–H and O–H groups in total. The Bertz CT molecular complexity index is 746. The maximum absolute atomic E-state index is 10.8. The van der Waals surface area contributed by atoms with Crippen LogP contribution in [0, 0.1) is 0 Å². The van der Waals surface area contributed by atoms with Crippen LogP contribution >= 0.6 is 0 Å². The molecule has 1 aromatic heterocycles. The van der Waals surface area contributed by atoms with Crippen LogP contribution in [0.4, 0.5) is 5.69 Å². The number of benzene rings is 1. The molecule has 2 aromatic rings. The molecule has 0 radical (unpaired) electrons. The molecule has 0 saturated carbocycles. The number of nitrogens with zero attached hydrogens (tertiary/aromatic N) is 3. The summed E-state index contributed by atoms with van der Waals surface area (Å²) in [6, 6.07) is 12.8. The first-order chi connectivity index (χ1) is 12.6. The zero-order chi connectivity index (χ0) is 18.4. The van der Waals surface area contributed by atoms with E-state index in [9.17, 15) is 4.79 Å². The van der Waals surface area contributed by atoms with Gasteiger partial charge in [-0.05, 0) is 30.2 Å². The predicted molar refractivity (Wildman–Crippen MR) is 104 cm³/mol. The molecule has 0 amide bonds. The molecule has 0 unspecified atom stereocenters. The molecule has 1 aromatic carbocycles. The highest BCUT2D eigenvalue weighted by molar-refractivity contribution is 5.70. The lowest BCUT2D eigenvalue weighted by Gasteiger charge is -2.35. The third-order valence-corrected chi connectivity index (χ3v) is 4.74. The first kappa shape index (κ1) is 18.1. The Hall–Kier alpha value is -2.66. The zero-order valence-corrected chi connectivity index (χ0v) is 15.2. The second kappa shape index (κ2) is 8.63. The second-order valence-corrected chi connectivity index (χ2v) is 6.54. The summed E-state index contributed by atoms with van der Waals surface area (Å²) in [6.45, 7) is 6.56. The first-order valence-corrected chi connectivity index (χ1v) is 9.10. The van der Waals surface area contributed by atoms with Crippen molar-refractivity contribution in [3.05, 3.63) is 59.9 Å². The largest absolute Gasteiger partial charge is 0.480 e. The number of rotatable bonds is 6. The molecule has 1 fully saturated rings. The lowest BCUT2D eigenvalue weighted by atomic mass is 10.1. The molecule has 5 heteroatoms. The molecule has 0 atom stereocenters. The van der Waals surface area contributed by atoms with Gasteiger partial charge >= 0.3 is 5.97 Å². The summed E-state index contributed by atoms with van der Waals surface area (Å²) in [6.07, 6.45) is 8.43. The fourth-order valence-electron chi connectivity index (χ4n) is 3.13. The molecule has 0 spiro atoms. The highest BCUT2D eigenvalue weighted by Crippen LogP contribution is 2.18. The molecule has 136 valence electrons. The van der Waals surface area contributed by atoms with Crippen molar-refractivity contribution in [2.75, 3.05) is 37.6 Å². The number of carbonyl (C=O) groups is 1. The number of aliphatic carboxylic acids is 1. The summed E-state index contributed by atoms with van der Waals surface area (Å²) in [5.41, 5.74) is 3.56. The standard InChI is InChI=1S/C21H25N3O2/c1-2-22-11-9-19(10-12-22)4-3-18-5-7-20(8-6-18)24-15-13-23(14-16-24)17-21(25)26/h3-12H,2,13-17H2,1H3/p+1. The minimum Gasteiger partial charge on any atom is -0.480 e. The van der Waals surface area contributed by atoms with E-state index in [4.69, 9.17) is 5.11 Å². The number of carboxylic acids is 1. The molecule has 26 heavy (non-hydrogen) atoms. The molecular formula is C21H26N3O2+. The van der Waals surface area contributed by atoms with E-state index in [1.807, 2.05) is 4.90 Å². The maximum Gasteiger partial charge on any atom is 0.317 e. The number of hydrogen-bond acceptors (Lipinski definition) is 3. The number of hydrogen-bond donors (Lipinski definition) is 1. The average molecular weight is 352 g/mol. The molecule has 2 heterocycles. The number of aryl methyl sites for hydroxylation is 1. The maximum atomic E-state index is 10.8. The summed E-state index contributed by atoms with van der Waals surface area (Å²) in [5, 5.41) is 8.88. The Morgan fingerprint density at radius 1 is 1.00 bits per heavy atom. The highest BCUT2D eigenvalue weighted by Gasteiger charge is 2.18. The van der Waals surface area contributed by atoms with Gasteiger partial charge in [-0.1, -0.05) is 24.3 Å². The van der Waals surface area contributed by atoms with Crippen LogP contribution in [0.2, 0.25) is 0 Å². The third kappa shape index (κ3) is 4.92. The van der Waals surface area contributed by atoms with Crippen LogP contribution < -0.4 is 9.47 Å². The molecule has 1 saturated heterocycles. The molecule has 0 aliphatic carbocycles.